The number of hydrogen-bond acceptors (Lipinski definition) is 2. The smallest absolute Gasteiger partial charge is 0.319 e. The maximum atomic E-state index is 12.0. The van der Waals surface area contributed by atoms with Crippen LogP contribution in [0, 0.1) is 20.8 Å². The summed E-state index contributed by atoms with van der Waals surface area (Å²) >= 11 is 1.73. The Hall–Kier alpha value is -1.94. The van der Waals surface area contributed by atoms with Crippen LogP contribution in [0.3, 0.4) is 0 Å². The van der Waals surface area contributed by atoms with Crippen LogP contribution in [0.25, 0.3) is 0 Å². The molecule has 0 radical (unpaired) electrons. The van der Waals surface area contributed by atoms with Crippen molar-refractivity contribution >= 4 is 23.5 Å². The SMILES string of the molecule is Cc1cc(C)c(NC(=O)NCCSc2ccccc2)c(C)c1. The number of carbonyl (C=O) groups is 1. The molecular formula is C18H22N2OS. The van der Waals surface area contributed by atoms with Gasteiger partial charge in [0.05, 0.1) is 0 Å². The van der Waals surface area contributed by atoms with Crippen LogP contribution in [0.2, 0.25) is 0 Å². The molecule has 0 aromatic heterocycles. The molecule has 0 atom stereocenters. The highest BCUT2D eigenvalue weighted by molar-refractivity contribution is 7.99. The first kappa shape index (κ1) is 16.4. The standard InChI is InChI=1S/C18H22N2OS/c1-13-11-14(2)17(15(3)12-13)20-18(21)19-9-10-22-16-7-5-4-6-8-16/h4-8,11-12H,9-10H2,1-3H3,(H2,19,20,21). The molecule has 0 aliphatic heterocycles. The summed E-state index contributed by atoms with van der Waals surface area (Å²) < 4.78 is 0. The summed E-state index contributed by atoms with van der Waals surface area (Å²) in [7, 11) is 0. The van der Waals surface area contributed by atoms with E-state index in [1.807, 2.05) is 32.0 Å². The second-order valence-corrected chi connectivity index (χ2v) is 6.48. The molecule has 0 fully saturated rings. The van der Waals surface area contributed by atoms with E-state index in [4.69, 9.17) is 0 Å². The van der Waals surface area contributed by atoms with Gasteiger partial charge in [-0.25, -0.2) is 4.79 Å². The van der Waals surface area contributed by atoms with Gasteiger partial charge in [0.2, 0.25) is 0 Å². The molecule has 2 aromatic rings. The Balaban J connectivity index is 1.79. The van der Waals surface area contributed by atoms with Gasteiger partial charge in [-0.2, -0.15) is 0 Å². The molecule has 2 amide bonds. The number of amides is 2. The van der Waals surface area contributed by atoms with Crippen molar-refractivity contribution in [2.75, 3.05) is 17.6 Å². The number of aryl methyl sites for hydroxylation is 3. The number of rotatable bonds is 5. The number of benzene rings is 2. The fourth-order valence-electron chi connectivity index (χ4n) is 2.39. The Labute approximate surface area is 136 Å². The van der Waals surface area contributed by atoms with E-state index < -0.39 is 0 Å². The molecule has 0 spiro atoms. The molecule has 4 heteroatoms. The van der Waals surface area contributed by atoms with Crippen LogP contribution in [0.5, 0.6) is 0 Å². The summed E-state index contributed by atoms with van der Waals surface area (Å²) in [4.78, 5) is 13.2. The van der Waals surface area contributed by atoms with Crippen molar-refractivity contribution in [1.82, 2.24) is 5.32 Å². The fraction of sp³-hybridized carbons (Fsp3) is 0.278. The molecule has 0 aliphatic carbocycles. The first-order chi connectivity index (χ1) is 10.6. The molecule has 0 aliphatic rings. The first-order valence-corrected chi connectivity index (χ1v) is 8.35. The van der Waals surface area contributed by atoms with E-state index in [1.165, 1.54) is 10.5 Å². The topological polar surface area (TPSA) is 41.1 Å². The summed E-state index contributed by atoms with van der Waals surface area (Å²) in [6.45, 7) is 6.72. The lowest BCUT2D eigenvalue weighted by Crippen LogP contribution is -2.31. The van der Waals surface area contributed by atoms with Crippen molar-refractivity contribution in [3.63, 3.8) is 0 Å². The minimum atomic E-state index is -0.149. The second kappa shape index (κ2) is 7.90. The molecule has 3 nitrogen and oxygen atoms in total. The van der Waals surface area contributed by atoms with Gasteiger partial charge in [0.25, 0.3) is 0 Å². The predicted molar refractivity (Wildman–Crippen MR) is 94.8 cm³/mol. The van der Waals surface area contributed by atoms with Crippen LogP contribution in [0.15, 0.2) is 47.4 Å². The average molecular weight is 314 g/mol. The lowest BCUT2D eigenvalue weighted by Gasteiger charge is -2.13. The van der Waals surface area contributed by atoms with E-state index in [0.717, 1.165) is 22.6 Å². The van der Waals surface area contributed by atoms with Gasteiger partial charge >= 0.3 is 6.03 Å². The van der Waals surface area contributed by atoms with Crippen LogP contribution in [0.1, 0.15) is 16.7 Å². The van der Waals surface area contributed by atoms with Gasteiger partial charge in [-0.1, -0.05) is 35.9 Å². The highest BCUT2D eigenvalue weighted by Crippen LogP contribution is 2.21. The third-order valence-electron chi connectivity index (χ3n) is 3.32. The van der Waals surface area contributed by atoms with Crippen LogP contribution in [-0.4, -0.2) is 18.3 Å². The van der Waals surface area contributed by atoms with Crippen molar-refractivity contribution in [1.29, 1.82) is 0 Å². The Kier molecular flexibility index (Phi) is 5.90. The van der Waals surface area contributed by atoms with Crippen molar-refractivity contribution in [2.45, 2.75) is 25.7 Å². The van der Waals surface area contributed by atoms with Gasteiger partial charge in [-0.15, -0.1) is 11.8 Å². The van der Waals surface area contributed by atoms with E-state index in [9.17, 15) is 4.79 Å². The third kappa shape index (κ3) is 4.81. The number of urea groups is 1. The van der Waals surface area contributed by atoms with Crippen molar-refractivity contribution in [3.8, 4) is 0 Å². The van der Waals surface area contributed by atoms with E-state index >= 15 is 0 Å². The zero-order valence-corrected chi connectivity index (χ0v) is 14.1. The van der Waals surface area contributed by atoms with Crippen molar-refractivity contribution < 1.29 is 4.79 Å². The fourth-order valence-corrected chi connectivity index (χ4v) is 3.17. The summed E-state index contributed by atoms with van der Waals surface area (Å²) in [5.41, 5.74) is 4.29. The maximum Gasteiger partial charge on any atom is 0.319 e. The zero-order chi connectivity index (χ0) is 15.9. The average Bonchev–Trinajstić information content (AvgIpc) is 2.48. The zero-order valence-electron chi connectivity index (χ0n) is 13.3. The van der Waals surface area contributed by atoms with Gasteiger partial charge < -0.3 is 10.6 Å². The molecule has 0 saturated heterocycles. The molecular weight excluding hydrogens is 292 g/mol. The van der Waals surface area contributed by atoms with E-state index in [0.29, 0.717) is 6.54 Å². The van der Waals surface area contributed by atoms with E-state index in [-0.39, 0.29) is 6.03 Å². The summed E-state index contributed by atoms with van der Waals surface area (Å²) in [5.74, 6) is 0.850. The van der Waals surface area contributed by atoms with Crippen LogP contribution < -0.4 is 10.6 Å². The normalized spacial score (nSPS) is 10.3. The van der Waals surface area contributed by atoms with E-state index in [2.05, 4.69) is 41.8 Å². The molecule has 2 N–H and O–H groups in total. The Bertz CT molecular complexity index is 618. The molecule has 0 saturated carbocycles. The molecule has 22 heavy (non-hydrogen) atoms. The van der Waals surface area contributed by atoms with Crippen molar-refractivity contribution in [3.05, 3.63) is 59.2 Å². The molecule has 2 aromatic carbocycles. The highest BCUT2D eigenvalue weighted by atomic mass is 32.2. The molecule has 0 unspecified atom stereocenters. The Morgan fingerprint density at radius 1 is 1.05 bits per heavy atom. The van der Waals surface area contributed by atoms with Gasteiger partial charge in [0.1, 0.15) is 0 Å². The molecule has 2 rings (SSSR count). The Morgan fingerprint density at radius 2 is 1.68 bits per heavy atom. The number of nitrogens with one attached hydrogen (secondary N) is 2. The summed E-state index contributed by atoms with van der Waals surface area (Å²) in [5, 5.41) is 5.84. The van der Waals surface area contributed by atoms with Gasteiger partial charge in [0.15, 0.2) is 0 Å². The Morgan fingerprint density at radius 3 is 2.32 bits per heavy atom. The number of anilines is 1. The van der Waals surface area contributed by atoms with Gasteiger partial charge in [-0.05, 0) is 44.0 Å². The molecule has 116 valence electrons. The first-order valence-electron chi connectivity index (χ1n) is 7.37. The third-order valence-corrected chi connectivity index (χ3v) is 4.33. The van der Waals surface area contributed by atoms with Crippen LogP contribution in [-0.2, 0) is 0 Å². The minimum absolute atomic E-state index is 0.149. The monoisotopic (exact) mass is 314 g/mol. The largest absolute Gasteiger partial charge is 0.337 e. The number of hydrogen-bond donors (Lipinski definition) is 2. The van der Waals surface area contributed by atoms with E-state index in [1.54, 1.807) is 11.8 Å². The van der Waals surface area contributed by atoms with Crippen LogP contribution >= 0.6 is 11.8 Å². The second-order valence-electron chi connectivity index (χ2n) is 5.32. The van der Waals surface area contributed by atoms with Crippen molar-refractivity contribution in [2.24, 2.45) is 0 Å². The summed E-state index contributed by atoms with van der Waals surface area (Å²) in [6.07, 6.45) is 0. The number of carbonyl (C=O) groups excluding carboxylic acids is 1. The summed E-state index contributed by atoms with van der Waals surface area (Å²) in [6, 6.07) is 14.2. The van der Waals surface area contributed by atoms with Gasteiger partial charge in [-0.3, -0.25) is 0 Å². The quantitative estimate of drug-likeness (QED) is 0.629. The number of thioether (sulfide) groups is 1. The molecule has 0 heterocycles. The molecule has 0 bridgehead atoms. The predicted octanol–water partition coefficient (Wildman–Crippen LogP) is 4.53. The van der Waals surface area contributed by atoms with Crippen LogP contribution in [0.4, 0.5) is 10.5 Å². The van der Waals surface area contributed by atoms with Gasteiger partial charge in [0, 0.05) is 22.9 Å². The lowest BCUT2D eigenvalue weighted by atomic mass is 10.1. The minimum Gasteiger partial charge on any atom is -0.337 e. The highest BCUT2D eigenvalue weighted by Gasteiger charge is 2.07. The maximum absolute atomic E-state index is 12.0. The lowest BCUT2D eigenvalue weighted by molar-refractivity contribution is 0.252.